The molecule has 0 amide bonds. The maximum absolute atomic E-state index is 8.00. The number of nitrogens with zero attached hydrogens (tertiary/aromatic N) is 2. The van der Waals surface area contributed by atoms with Crippen molar-refractivity contribution in [2.45, 2.75) is 13.8 Å². The van der Waals surface area contributed by atoms with Crippen LogP contribution in [0.4, 0.5) is 0 Å². The molecule has 3 aromatic carbocycles. The summed E-state index contributed by atoms with van der Waals surface area (Å²) in [6, 6.07) is 28.6. The second kappa shape index (κ2) is 12.0. The molecule has 2 heterocycles. The Morgan fingerprint density at radius 1 is 0.758 bits per heavy atom. The number of aromatic nitrogens is 2. The maximum atomic E-state index is 8.00. The standard InChI is InChI=1S/C18H14N.C12H10N.Ir/c1-14-12-18(16-10-6-3-7-11-16)19-13-17(14)15-8-4-2-5-9-15;1-10-7-8-12(13-9-10)11-5-3-2-4-6-11;/h2-10,12-13H,1H3;2-5,7-9H,1H3;/q2*-1;/i3D,6D,7D,10D;;. The second-order valence-electron chi connectivity index (χ2n) is 7.25. The molecule has 2 aromatic heterocycles. The Morgan fingerprint density at radius 2 is 1.55 bits per heavy atom. The van der Waals surface area contributed by atoms with Crippen LogP contribution in [-0.2, 0) is 20.1 Å². The van der Waals surface area contributed by atoms with Crippen LogP contribution in [0.5, 0.6) is 0 Å². The number of aryl methyl sites for hydroxylation is 2. The normalized spacial score (nSPS) is 11.6. The molecule has 0 atom stereocenters. The van der Waals surface area contributed by atoms with Gasteiger partial charge in [-0.3, -0.25) is 0 Å². The minimum atomic E-state index is -0.281. The third-order valence-corrected chi connectivity index (χ3v) is 4.85. The van der Waals surface area contributed by atoms with Gasteiger partial charge in [0, 0.05) is 40.8 Å². The predicted molar refractivity (Wildman–Crippen MR) is 132 cm³/mol. The largest absolute Gasteiger partial charge is 0.304 e. The first-order valence-corrected chi connectivity index (χ1v) is 10.3. The Labute approximate surface area is 215 Å². The average molecular weight is 609 g/mol. The van der Waals surface area contributed by atoms with Gasteiger partial charge >= 0.3 is 0 Å². The van der Waals surface area contributed by atoms with Crippen molar-refractivity contribution in [1.29, 1.82) is 0 Å². The van der Waals surface area contributed by atoms with Crippen LogP contribution in [0.25, 0.3) is 33.6 Å². The molecule has 0 N–H and O–H groups in total. The zero-order valence-electron chi connectivity index (χ0n) is 22.3. The Bertz CT molecular complexity index is 1480. The smallest absolute Gasteiger partial charge is 0.0406 e. The van der Waals surface area contributed by atoms with E-state index < -0.39 is 0 Å². The molecule has 0 aliphatic heterocycles. The fourth-order valence-electron chi connectivity index (χ4n) is 3.17. The van der Waals surface area contributed by atoms with Gasteiger partial charge in [-0.2, -0.15) is 0 Å². The van der Waals surface area contributed by atoms with Crippen LogP contribution >= 0.6 is 0 Å². The Kier molecular flexibility index (Phi) is 6.96. The Balaban J connectivity index is 0.000000231. The molecule has 0 fully saturated rings. The van der Waals surface area contributed by atoms with Gasteiger partial charge in [0.25, 0.3) is 0 Å². The predicted octanol–water partition coefficient (Wildman–Crippen LogP) is 7.38. The molecule has 0 aliphatic carbocycles. The summed E-state index contributed by atoms with van der Waals surface area (Å²) in [5.74, 6) is 0. The van der Waals surface area contributed by atoms with E-state index in [-0.39, 0.29) is 44.3 Å². The van der Waals surface area contributed by atoms with Gasteiger partial charge in [0.1, 0.15) is 0 Å². The van der Waals surface area contributed by atoms with Crippen molar-refractivity contribution in [2.75, 3.05) is 0 Å². The molecule has 0 bridgehead atoms. The van der Waals surface area contributed by atoms with Gasteiger partial charge in [0.15, 0.2) is 0 Å². The SMILES string of the molecule is Cc1ccc(-c2[c-]cccc2)nc1.[2H]c1[c-]c(-c2cc(C)c(-c3ccccc3)cn2)c([2H])c([2H])c1[2H].[Ir]. The minimum absolute atomic E-state index is 0. The third-order valence-electron chi connectivity index (χ3n) is 4.85. The van der Waals surface area contributed by atoms with E-state index in [1.807, 2.05) is 86.8 Å². The van der Waals surface area contributed by atoms with Crippen molar-refractivity contribution < 1.29 is 25.6 Å². The van der Waals surface area contributed by atoms with Crippen molar-refractivity contribution in [3.63, 3.8) is 0 Å². The van der Waals surface area contributed by atoms with Crippen molar-refractivity contribution in [1.82, 2.24) is 9.97 Å². The molecule has 3 heteroatoms. The molecule has 1 radical (unpaired) electrons. The molecule has 0 aliphatic rings. The van der Waals surface area contributed by atoms with Crippen molar-refractivity contribution in [3.05, 3.63) is 133 Å². The molecule has 0 saturated heterocycles. The monoisotopic (exact) mass is 609 g/mol. The zero-order valence-corrected chi connectivity index (χ0v) is 20.7. The quantitative estimate of drug-likeness (QED) is 0.200. The fraction of sp³-hybridized carbons (Fsp3) is 0.0667. The molecule has 33 heavy (non-hydrogen) atoms. The number of rotatable bonds is 3. The van der Waals surface area contributed by atoms with Gasteiger partial charge in [-0.15, -0.1) is 71.7 Å². The molecule has 165 valence electrons. The number of pyridine rings is 2. The molecule has 0 spiro atoms. The zero-order chi connectivity index (χ0) is 25.7. The van der Waals surface area contributed by atoms with Gasteiger partial charge < -0.3 is 9.97 Å². The van der Waals surface area contributed by atoms with Crippen molar-refractivity contribution >= 4 is 0 Å². The minimum Gasteiger partial charge on any atom is -0.304 e. The Hall–Kier alpha value is -3.39. The summed E-state index contributed by atoms with van der Waals surface area (Å²) >= 11 is 0. The first-order chi connectivity index (χ1) is 17.3. The topological polar surface area (TPSA) is 25.8 Å². The van der Waals surface area contributed by atoms with Crippen LogP contribution in [-0.4, -0.2) is 9.97 Å². The van der Waals surface area contributed by atoms with E-state index in [1.165, 1.54) is 5.56 Å². The van der Waals surface area contributed by atoms with E-state index in [0.717, 1.165) is 27.9 Å². The summed E-state index contributed by atoms with van der Waals surface area (Å²) in [5.41, 5.74) is 7.03. The van der Waals surface area contributed by atoms with Crippen LogP contribution in [0.15, 0.2) is 109 Å². The van der Waals surface area contributed by atoms with Gasteiger partial charge in [0.05, 0.1) is 0 Å². The van der Waals surface area contributed by atoms with Gasteiger partial charge in [-0.05, 0) is 44.7 Å². The van der Waals surface area contributed by atoms with Crippen molar-refractivity contribution in [2.24, 2.45) is 0 Å². The van der Waals surface area contributed by atoms with Gasteiger partial charge in [-0.25, -0.2) is 0 Å². The van der Waals surface area contributed by atoms with E-state index >= 15 is 0 Å². The summed E-state index contributed by atoms with van der Waals surface area (Å²) in [4.78, 5) is 8.70. The third kappa shape index (κ3) is 6.55. The molecule has 0 unspecified atom stereocenters. The Morgan fingerprint density at radius 3 is 2.24 bits per heavy atom. The van der Waals surface area contributed by atoms with Gasteiger partial charge in [-0.1, -0.05) is 48.5 Å². The van der Waals surface area contributed by atoms with Crippen LogP contribution in [0, 0.1) is 26.0 Å². The van der Waals surface area contributed by atoms with Crippen LogP contribution < -0.4 is 0 Å². The van der Waals surface area contributed by atoms with E-state index in [1.54, 1.807) is 6.20 Å². The summed E-state index contributed by atoms with van der Waals surface area (Å²) in [7, 11) is 0. The first kappa shape index (κ1) is 19.1. The van der Waals surface area contributed by atoms with Crippen molar-refractivity contribution in [3.8, 4) is 33.6 Å². The summed E-state index contributed by atoms with van der Waals surface area (Å²) < 4.78 is 31.0. The number of hydrogen-bond acceptors (Lipinski definition) is 2. The van der Waals surface area contributed by atoms with E-state index in [2.05, 4.69) is 28.2 Å². The molecule has 2 nitrogen and oxygen atoms in total. The molecular weight excluding hydrogens is 581 g/mol. The van der Waals surface area contributed by atoms with E-state index in [4.69, 9.17) is 5.48 Å². The molecule has 5 rings (SSSR count). The molecule has 0 saturated carbocycles. The van der Waals surface area contributed by atoms with Gasteiger partial charge in [0.2, 0.25) is 0 Å². The van der Waals surface area contributed by atoms with Crippen LogP contribution in [0.1, 0.15) is 16.6 Å². The molecule has 5 aromatic rings. The maximum Gasteiger partial charge on any atom is 0.0406 e. The molecular formula is C30H24IrN2-2. The fourth-order valence-corrected chi connectivity index (χ4v) is 3.17. The summed E-state index contributed by atoms with van der Waals surface area (Å²) in [5, 5.41) is 0. The number of hydrogen-bond donors (Lipinski definition) is 0. The summed E-state index contributed by atoms with van der Waals surface area (Å²) in [6.07, 6.45) is 3.60. The summed E-state index contributed by atoms with van der Waals surface area (Å²) in [6.45, 7) is 3.99. The second-order valence-corrected chi connectivity index (χ2v) is 7.25. The first-order valence-electron chi connectivity index (χ1n) is 12.3. The van der Waals surface area contributed by atoms with E-state index in [0.29, 0.717) is 11.3 Å². The number of benzene rings is 3. The average Bonchev–Trinajstić information content (AvgIpc) is 2.91. The van der Waals surface area contributed by atoms with E-state index in [9.17, 15) is 0 Å². The van der Waals surface area contributed by atoms with Crippen LogP contribution in [0.2, 0.25) is 0 Å². The van der Waals surface area contributed by atoms with Crippen LogP contribution in [0.3, 0.4) is 0 Å².